The molecule has 6 heteroatoms. The van der Waals surface area contributed by atoms with E-state index in [4.69, 9.17) is 5.73 Å². The molecule has 0 saturated carbocycles. The minimum absolute atomic E-state index is 0. The molecule has 0 bridgehead atoms. The summed E-state index contributed by atoms with van der Waals surface area (Å²) in [6.45, 7) is 2.64. The van der Waals surface area contributed by atoms with Crippen LogP contribution in [0, 0.1) is 6.92 Å². The van der Waals surface area contributed by atoms with Crippen molar-refractivity contribution in [2.24, 2.45) is 5.73 Å². The Labute approximate surface area is 144 Å². The van der Waals surface area contributed by atoms with Crippen LogP contribution in [-0.2, 0) is 4.79 Å². The van der Waals surface area contributed by atoms with Crippen LogP contribution in [0.4, 0.5) is 0 Å². The van der Waals surface area contributed by atoms with Gasteiger partial charge in [0.2, 0.25) is 5.91 Å². The maximum Gasteiger partial charge on any atom is 0.237 e. The second-order valence-corrected chi connectivity index (χ2v) is 6.51. The van der Waals surface area contributed by atoms with Crippen LogP contribution < -0.4 is 11.1 Å². The number of nitrogens with zero attached hydrogens (tertiary/aromatic N) is 1. The summed E-state index contributed by atoms with van der Waals surface area (Å²) in [5.74, 6) is 0.840. The lowest BCUT2D eigenvalue weighted by Gasteiger charge is -2.26. The van der Waals surface area contributed by atoms with Crippen LogP contribution in [0.5, 0.6) is 0 Å². The molecule has 0 heterocycles. The minimum Gasteiger partial charge on any atom is -0.353 e. The number of likely N-dealkylation sites (N-methyl/N-ethyl adjacent to an activating group) is 1. The van der Waals surface area contributed by atoms with Crippen molar-refractivity contribution in [1.29, 1.82) is 0 Å². The van der Waals surface area contributed by atoms with E-state index < -0.39 is 6.04 Å². The fourth-order valence-corrected chi connectivity index (χ4v) is 2.58. The molecule has 0 fully saturated rings. The van der Waals surface area contributed by atoms with Gasteiger partial charge in [-0.25, -0.2) is 0 Å². The number of aryl methyl sites for hydroxylation is 1. The summed E-state index contributed by atoms with van der Waals surface area (Å²) in [6, 6.07) is 8.15. The Morgan fingerprint density at radius 3 is 2.41 bits per heavy atom. The van der Waals surface area contributed by atoms with Crippen molar-refractivity contribution in [2.75, 3.05) is 32.6 Å². The highest BCUT2D eigenvalue weighted by Crippen LogP contribution is 2.17. The molecule has 1 rings (SSSR count). The molecule has 0 spiro atoms. The fourth-order valence-electron chi connectivity index (χ4n) is 2.09. The molecule has 1 unspecified atom stereocenters. The number of halogens is 1. The zero-order valence-corrected chi connectivity index (χ0v) is 15.5. The molecule has 4 nitrogen and oxygen atoms in total. The van der Waals surface area contributed by atoms with E-state index in [9.17, 15) is 4.79 Å². The van der Waals surface area contributed by atoms with E-state index >= 15 is 0 Å². The summed E-state index contributed by atoms with van der Waals surface area (Å²) >= 11 is 1.71. The predicted octanol–water partition coefficient (Wildman–Crippen LogP) is 2.22. The average Bonchev–Trinajstić information content (AvgIpc) is 2.46. The van der Waals surface area contributed by atoms with Gasteiger partial charge in [-0.05, 0) is 45.0 Å². The maximum absolute atomic E-state index is 12.0. The number of carbonyl (C=O) groups is 1. The first kappa shape index (κ1) is 21.2. The molecular weight excluding hydrogens is 318 g/mol. The number of benzene rings is 1. The molecule has 0 radical (unpaired) electrons. The summed E-state index contributed by atoms with van der Waals surface area (Å²) in [5.41, 5.74) is 8.32. The van der Waals surface area contributed by atoms with Crippen molar-refractivity contribution in [3.05, 3.63) is 35.4 Å². The lowest BCUT2D eigenvalue weighted by molar-refractivity contribution is -0.122. The van der Waals surface area contributed by atoms with Gasteiger partial charge in [0.05, 0.1) is 12.1 Å². The topological polar surface area (TPSA) is 58.4 Å². The summed E-state index contributed by atoms with van der Waals surface area (Å²) < 4.78 is 0. The van der Waals surface area contributed by atoms with E-state index in [2.05, 4.69) is 41.4 Å². The molecule has 3 N–H and O–H groups in total. The Kier molecular flexibility index (Phi) is 10.5. The number of thioether (sulfide) groups is 1. The molecule has 1 aromatic carbocycles. The van der Waals surface area contributed by atoms with E-state index in [0.29, 0.717) is 13.0 Å². The minimum atomic E-state index is -0.418. The Bertz CT molecular complexity index is 440. The van der Waals surface area contributed by atoms with Gasteiger partial charge in [0.25, 0.3) is 0 Å². The third kappa shape index (κ3) is 7.01. The first-order valence-corrected chi connectivity index (χ1v) is 8.60. The van der Waals surface area contributed by atoms with Gasteiger partial charge in [-0.15, -0.1) is 12.4 Å². The normalized spacial score (nSPS) is 13.4. The van der Waals surface area contributed by atoms with Crippen LogP contribution in [0.1, 0.15) is 23.6 Å². The highest BCUT2D eigenvalue weighted by atomic mass is 35.5. The molecule has 0 aromatic heterocycles. The molecule has 1 amide bonds. The quantitative estimate of drug-likeness (QED) is 0.758. The third-order valence-electron chi connectivity index (χ3n) is 3.52. The van der Waals surface area contributed by atoms with Crippen LogP contribution >= 0.6 is 24.2 Å². The number of nitrogens with two attached hydrogens (primary N) is 1. The Balaban J connectivity index is 0.00000441. The summed E-state index contributed by atoms with van der Waals surface area (Å²) in [4.78, 5) is 14.1. The lowest BCUT2D eigenvalue weighted by Crippen LogP contribution is -2.44. The molecule has 0 saturated heterocycles. The molecule has 22 heavy (non-hydrogen) atoms. The zero-order chi connectivity index (χ0) is 15.8. The fraction of sp³-hybridized carbons (Fsp3) is 0.562. The van der Waals surface area contributed by atoms with E-state index in [-0.39, 0.29) is 24.4 Å². The van der Waals surface area contributed by atoms with Crippen LogP contribution in [0.2, 0.25) is 0 Å². The summed E-state index contributed by atoms with van der Waals surface area (Å²) in [5, 5.41) is 2.97. The monoisotopic (exact) mass is 345 g/mol. The van der Waals surface area contributed by atoms with Gasteiger partial charge in [-0.2, -0.15) is 11.8 Å². The third-order valence-corrected chi connectivity index (χ3v) is 4.17. The van der Waals surface area contributed by atoms with Gasteiger partial charge in [-0.1, -0.05) is 29.8 Å². The second-order valence-electron chi connectivity index (χ2n) is 5.52. The average molecular weight is 346 g/mol. The zero-order valence-electron chi connectivity index (χ0n) is 13.8. The van der Waals surface area contributed by atoms with Gasteiger partial charge in [-0.3, -0.25) is 4.79 Å². The van der Waals surface area contributed by atoms with E-state index in [1.54, 1.807) is 11.8 Å². The van der Waals surface area contributed by atoms with E-state index in [0.717, 1.165) is 5.75 Å². The molecule has 0 aliphatic rings. The second kappa shape index (κ2) is 10.9. The summed E-state index contributed by atoms with van der Waals surface area (Å²) in [7, 11) is 4.04. The van der Waals surface area contributed by atoms with Crippen molar-refractivity contribution in [3.63, 3.8) is 0 Å². The molecule has 1 aromatic rings. The van der Waals surface area contributed by atoms with Gasteiger partial charge >= 0.3 is 0 Å². The SMILES string of the molecule is CSCC[C@H](N)C(=O)NCC(c1ccc(C)cc1)N(C)C.Cl. The number of nitrogens with one attached hydrogen (secondary N) is 1. The first-order chi connectivity index (χ1) is 9.95. The number of carbonyl (C=O) groups excluding carboxylic acids is 1. The molecule has 2 atom stereocenters. The van der Waals surface area contributed by atoms with Gasteiger partial charge in [0.1, 0.15) is 0 Å². The molecular formula is C16H28ClN3OS. The van der Waals surface area contributed by atoms with Crippen LogP contribution in [0.25, 0.3) is 0 Å². The highest BCUT2D eigenvalue weighted by molar-refractivity contribution is 7.98. The Hall–Kier alpha value is -0.750. The first-order valence-electron chi connectivity index (χ1n) is 7.21. The Morgan fingerprint density at radius 2 is 1.91 bits per heavy atom. The van der Waals surface area contributed by atoms with Gasteiger partial charge in [0, 0.05) is 6.54 Å². The van der Waals surface area contributed by atoms with Crippen molar-refractivity contribution >= 4 is 30.1 Å². The molecule has 126 valence electrons. The van der Waals surface area contributed by atoms with Gasteiger partial charge in [0.15, 0.2) is 0 Å². The smallest absolute Gasteiger partial charge is 0.237 e. The van der Waals surface area contributed by atoms with Crippen molar-refractivity contribution in [1.82, 2.24) is 10.2 Å². The molecule has 0 aliphatic heterocycles. The number of rotatable bonds is 8. The maximum atomic E-state index is 12.0. The van der Waals surface area contributed by atoms with E-state index in [1.807, 2.05) is 20.4 Å². The number of amides is 1. The summed E-state index contributed by atoms with van der Waals surface area (Å²) in [6.07, 6.45) is 2.73. The van der Waals surface area contributed by atoms with Crippen molar-refractivity contribution in [3.8, 4) is 0 Å². The van der Waals surface area contributed by atoms with Crippen molar-refractivity contribution < 1.29 is 4.79 Å². The highest BCUT2D eigenvalue weighted by Gasteiger charge is 2.18. The molecule has 0 aliphatic carbocycles. The van der Waals surface area contributed by atoms with Crippen LogP contribution in [0.15, 0.2) is 24.3 Å². The Morgan fingerprint density at radius 1 is 1.32 bits per heavy atom. The van der Waals surface area contributed by atoms with Crippen molar-refractivity contribution in [2.45, 2.75) is 25.4 Å². The van der Waals surface area contributed by atoms with E-state index in [1.165, 1.54) is 11.1 Å². The van der Waals surface area contributed by atoms with Crippen LogP contribution in [-0.4, -0.2) is 49.5 Å². The standard InChI is InChI=1S/C16H27N3OS.ClH/c1-12-5-7-13(8-6-12)15(19(2)3)11-18-16(20)14(17)9-10-21-4;/h5-8,14-15H,9-11,17H2,1-4H3,(H,18,20);1H/t14-,15?;/m0./s1. The van der Waals surface area contributed by atoms with Crippen LogP contribution in [0.3, 0.4) is 0 Å². The predicted molar refractivity (Wildman–Crippen MR) is 98.8 cm³/mol. The number of hydrogen-bond acceptors (Lipinski definition) is 4. The van der Waals surface area contributed by atoms with Gasteiger partial charge < -0.3 is 16.0 Å². The lowest BCUT2D eigenvalue weighted by atomic mass is 10.0. The number of hydrogen-bond donors (Lipinski definition) is 2. The largest absolute Gasteiger partial charge is 0.353 e.